The maximum Gasteiger partial charge on any atom is 0.167 e. The van der Waals surface area contributed by atoms with Crippen LogP contribution in [0.4, 0.5) is 0 Å². The number of nitriles is 1. The highest BCUT2D eigenvalue weighted by Crippen LogP contribution is 2.19. The summed E-state index contributed by atoms with van der Waals surface area (Å²) < 4.78 is 3.04. The van der Waals surface area contributed by atoms with Gasteiger partial charge in [0.05, 0.1) is 6.54 Å². The second-order valence-electron chi connectivity index (χ2n) is 4.60. The molecule has 19 heavy (non-hydrogen) atoms. The normalized spacial score (nSPS) is 13.9. The molecule has 1 N–H and O–H groups in total. The Kier molecular flexibility index (Phi) is 3.36. The molecule has 0 saturated carbocycles. The summed E-state index contributed by atoms with van der Waals surface area (Å²) in [5.41, 5.74) is 4.00. The van der Waals surface area contributed by atoms with Crippen LogP contribution in [0.3, 0.4) is 0 Å². The topological polar surface area (TPSA) is 53.6 Å². The van der Waals surface area contributed by atoms with Gasteiger partial charge < -0.3 is 5.32 Å². The lowest BCUT2D eigenvalue weighted by Gasteiger charge is -2.15. The van der Waals surface area contributed by atoms with Gasteiger partial charge in [-0.3, -0.25) is 4.68 Å². The number of nitrogens with zero attached hydrogens (tertiary/aromatic N) is 3. The van der Waals surface area contributed by atoms with Crippen molar-refractivity contribution < 1.29 is 0 Å². The molecule has 1 aromatic carbocycles. The summed E-state index contributed by atoms with van der Waals surface area (Å²) in [5, 5.41) is 16.9. The molecule has 2 aromatic rings. The summed E-state index contributed by atoms with van der Waals surface area (Å²) in [7, 11) is 0. The van der Waals surface area contributed by atoms with Crippen molar-refractivity contribution in [2.45, 2.75) is 19.5 Å². The minimum Gasteiger partial charge on any atom is -0.312 e. The first-order valence-corrected chi connectivity index (χ1v) is 7.01. The Hall–Kier alpha value is -1.64. The van der Waals surface area contributed by atoms with Crippen LogP contribution < -0.4 is 5.32 Å². The lowest BCUT2D eigenvalue weighted by molar-refractivity contribution is 0.582. The Morgan fingerprint density at radius 3 is 2.89 bits per heavy atom. The molecule has 0 atom stereocenters. The van der Waals surface area contributed by atoms with Gasteiger partial charge in [0.15, 0.2) is 5.69 Å². The molecule has 2 heterocycles. The lowest BCUT2D eigenvalue weighted by Crippen LogP contribution is -2.25. The third-order valence-corrected chi connectivity index (χ3v) is 3.89. The highest BCUT2D eigenvalue weighted by Gasteiger charge is 2.20. The fourth-order valence-electron chi connectivity index (χ4n) is 2.40. The second-order valence-corrected chi connectivity index (χ2v) is 5.51. The highest BCUT2D eigenvalue weighted by atomic mass is 79.9. The van der Waals surface area contributed by atoms with E-state index in [2.05, 4.69) is 44.5 Å². The zero-order valence-corrected chi connectivity index (χ0v) is 11.9. The SMILES string of the molecule is N#Cc1nn(Cc2ccc(Br)cc2)c2c1CNCC2. The molecule has 0 bridgehead atoms. The molecule has 0 aliphatic carbocycles. The first-order valence-electron chi connectivity index (χ1n) is 6.22. The molecule has 96 valence electrons. The van der Waals surface area contributed by atoms with E-state index in [0.29, 0.717) is 5.69 Å². The van der Waals surface area contributed by atoms with Crippen molar-refractivity contribution >= 4 is 15.9 Å². The monoisotopic (exact) mass is 316 g/mol. The van der Waals surface area contributed by atoms with E-state index in [0.717, 1.165) is 36.1 Å². The van der Waals surface area contributed by atoms with Gasteiger partial charge >= 0.3 is 0 Å². The van der Waals surface area contributed by atoms with Crippen LogP contribution in [0.2, 0.25) is 0 Å². The van der Waals surface area contributed by atoms with Gasteiger partial charge in [-0.1, -0.05) is 28.1 Å². The summed E-state index contributed by atoms with van der Waals surface area (Å²) in [6.45, 7) is 2.42. The van der Waals surface area contributed by atoms with Crippen LogP contribution >= 0.6 is 15.9 Å². The lowest BCUT2D eigenvalue weighted by atomic mass is 10.1. The van der Waals surface area contributed by atoms with Crippen LogP contribution in [0, 0.1) is 11.3 Å². The van der Waals surface area contributed by atoms with E-state index >= 15 is 0 Å². The van der Waals surface area contributed by atoms with Crippen molar-refractivity contribution in [1.82, 2.24) is 15.1 Å². The van der Waals surface area contributed by atoms with Crippen LogP contribution in [0.5, 0.6) is 0 Å². The van der Waals surface area contributed by atoms with Crippen LogP contribution in [0.25, 0.3) is 0 Å². The van der Waals surface area contributed by atoms with E-state index in [1.165, 1.54) is 11.3 Å². The zero-order valence-electron chi connectivity index (χ0n) is 10.4. The quantitative estimate of drug-likeness (QED) is 0.924. The molecule has 0 radical (unpaired) electrons. The molecule has 1 aromatic heterocycles. The van der Waals surface area contributed by atoms with E-state index < -0.39 is 0 Å². The molecule has 1 aliphatic rings. The van der Waals surface area contributed by atoms with Gasteiger partial charge in [0.1, 0.15) is 6.07 Å². The van der Waals surface area contributed by atoms with Crippen molar-refractivity contribution in [3.8, 4) is 6.07 Å². The smallest absolute Gasteiger partial charge is 0.167 e. The van der Waals surface area contributed by atoms with Gasteiger partial charge in [-0.15, -0.1) is 0 Å². The zero-order chi connectivity index (χ0) is 13.2. The van der Waals surface area contributed by atoms with Crippen molar-refractivity contribution in [3.05, 3.63) is 51.3 Å². The summed E-state index contributed by atoms with van der Waals surface area (Å²) in [5.74, 6) is 0. The van der Waals surface area contributed by atoms with Crippen molar-refractivity contribution in [1.29, 1.82) is 5.26 Å². The molecular weight excluding hydrogens is 304 g/mol. The molecular formula is C14H13BrN4. The number of aromatic nitrogens is 2. The summed E-state index contributed by atoms with van der Waals surface area (Å²) >= 11 is 3.43. The molecule has 5 heteroatoms. The summed E-state index contributed by atoms with van der Waals surface area (Å²) in [6.07, 6.45) is 0.931. The van der Waals surface area contributed by atoms with Crippen molar-refractivity contribution in [2.75, 3.05) is 6.54 Å². The number of fused-ring (bicyclic) bond motifs is 1. The third kappa shape index (κ3) is 2.42. The van der Waals surface area contributed by atoms with Gasteiger partial charge in [0.25, 0.3) is 0 Å². The average molecular weight is 317 g/mol. The number of halogens is 1. The van der Waals surface area contributed by atoms with Gasteiger partial charge in [-0.25, -0.2) is 0 Å². The average Bonchev–Trinajstić information content (AvgIpc) is 2.80. The predicted octanol–water partition coefficient (Wildman–Crippen LogP) is 2.21. The number of hydrogen-bond donors (Lipinski definition) is 1. The van der Waals surface area contributed by atoms with Gasteiger partial charge in [-0.05, 0) is 17.7 Å². The minimum absolute atomic E-state index is 0.555. The van der Waals surface area contributed by atoms with E-state index in [1.807, 2.05) is 16.8 Å². The number of rotatable bonds is 2. The summed E-state index contributed by atoms with van der Waals surface area (Å²) in [6, 6.07) is 10.4. The van der Waals surface area contributed by atoms with E-state index in [1.54, 1.807) is 0 Å². The Morgan fingerprint density at radius 1 is 1.37 bits per heavy atom. The van der Waals surface area contributed by atoms with Gasteiger partial charge in [-0.2, -0.15) is 10.4 Å². The van der Waals surface area contributed by atoms with E-state index in [9.17, 15) is 0 Å². The predicted molar refractivity (Wildman–Crippen MR) is 75.6 cm³/mol. The Labute approximate surface area is 120 Å². The Morgan fingerprint density at radius 2 is 2.16 bits per heavy atom. The first-order chi connectivity index (χ1) is 9.28. The highest BCUT2D eigenvalue weighted by molar-refractivity contribution is 9.10. The largest absolute Gasteiger partial charge is 0.312 e. The van der Waals surface area contributed by atoms with Gasteiger partial charge in [0.2, 0.25) is 0 Å². The maximum atomic E-state index is 9.15. The standard InChI is InChI=1S/C14H13BrN4/c15-11-3-1-10(2-4-11)9-19-14-5-6-17-8-12(14)13(7-16)18-19/h1-4,17H,5-6,8-9H2. The fraction of sp³-hybridized carbons (Fsp3) is 0.286. The number of hydrogen-bond acceptors (Lipinski definition) is 3. The molecule has 1 aliphatic heterocycles. The Bertz CT molecular complexity index is 637. The fourth-order valence-corrected chi connectivity index (χ4v) is 2.67. The maximum absolute atomic E-state index is 9.15. The molecule has 3 rings (SSSR count). The Balaban J connectivity index is 1.95. The van der Waals surface area contributed by atoms with Gasteiger partial charge in [0, 0.05) is 35.2 Å². The van der Waals surface area contributed by atoms with Crippen molar-refractivity contribution in [2.24, 2.45) is 0 Å². The molecule has 0 amide bonds. The van der Waals surface area contributed by atoms with Crippen LogP contribution in [0.15, 0.2) is 28.7 Å². The van der Waals surface area contributed by atoms with Crippen molar-refractivity contribution in [3.63, 3.8) is 0 Å². The van der Waals surface area contributed by atoms with Crippen LogP contribution in [-0.2, 0) is 19.5 Å². The number of nitrogens with one attached hydrogen (secondary N) is 1. The molecule has 0 unspecified atom stereocenters. The molecule has 4 nitrogen and oxygen atoms in total. The van der Waals surface area contributed by atoms with E-state index in [-0.39, 0.29) is 0 Å². The first kappa shape index (κ1) is 12.4. The minimum atomic E-state index is 0.555. The van der Waals surface area contributed by atoms with Crippen LogP contribution in [-0.4, -0.2) is 16.3 Å². The molecule has 0 spiro atoms. The van der Waals surface area contributed by atoms with Crippen LogP contribution in [0.1, 0.15) is 22.5 Å². The second kappa shape index (κ2) is 5.16. The summed E-state index contributed by atoms with van der Waals surface area (Å²) in [4.78, 5) is 0. The van der Waals surface area contributed by atoms with E-state index in [4.69, 9.17) is 5.26 Å². The number of benzene rings is 1. The third-order valence-electron chi connectivity index (χ3n) is 3.36. The molecule has 0 fully saturated rings. The molecule has 0 saturated heterocycles.